The van der Waals surface area contributed by atoms with Crippen LogP contribution < -0.4 is 10.6 Å². The van der Waals surface area contributed by atoms with Crippen LogP contribution in [0.3, 0.4) is 0 Å². The number of rotatable bonds is 9. The number of benzene rings is 1. The van der Waals surface area contributed by atoms with Crippen LogP contribution in [-0.4, -0.2) is 53.9 Å². The van der Waals surface area contributed by atoms with Gasteiger partial charge in [0.15, 0.2) is 6.10 Å². The molecule has 0 aromatic heterocycles. The number of hydrogen-bond acceptors (Lipinski definition) is 4. The van der Waals surface area contributed by atoms with E-state index < -0.39 is 18.2 Å². The average Bonchev–Trinajstić information content (AvgIpc) is 3.39. The zero-order chi connectivity index (χ0) is 21.7. The van der Waals surface area contributed by atoms with Crippen molar-refractivity contribution in [2.45, 2.75) is 57.4 Å². The molecule has 3 rings (SSSR count). The van der Waals surface area contributed by atoms with Crippen molar-refractivity contribution >= 4 is 17.7 Å². The first-order valence-corrected chi connectivity index (χ1v) is 10.6. The van der Waals surface area contributed by atoms with Crippen LogP contribution in [0.25, 0.3) is 0 Å². The van der Waals surface area contributed by atoms with Gasteiger partial charge in [-0.1, -0.05) is 50.3 Å². The fraction of sp³-hybridized carbons (Fsp3) is 0.522. The van der Waals surface area contributed by atoms with Crippen LogP contribution in [0, 0.1) is 5.92 Å². The Morgan fingerprint density at radius 3 is 2.63 bits per heavy atom. The highest BCUT2D eigenvalue weighted by atomic mass is 16.6. The standard InChI is InChI=1S/C23H31N3O4/c1-4-12-24-21(27)18-11-8-13-26(18)23(29)17(14-15(2)3)25-22(28)20-19(30-20)16-9-6-5-7-10-16/h4-7,9-10,15,17-20H,1,8,11-14H2,2-3H3,(H,24,27)(H,25,28)/t17-,18-,19-,20-/m0/s1. The van der Waals surface area contributed by atoms with Crippen molar-refractivity contribution in [3.8, 4) is 0 Å². The lowest BCUT2D eigenvalue weighted by Crippen LogP contribution is -2.54. The quantitative estimate of drug-likeness (QED) is 0.478. The second kappa shape index (κ2) is 9.89. The van der Waals surface area contributed by atoms with Crippen molar-refractivity contribution in [2.75, 3.05) is 13.1 Å². The summed E-state index contributed by atoms with van der Waals surface area (Å²) in [5.41, 5.74) is 0.947. The van der Waals surface area contributed by atoms with E-state index in [1.54, 1.807) is 11.0 Å². The van der Waals surface area contributed by atoms with Gasteiger partial charge in [-0.25, -0.2) is 0 Å². The normalized spacial score (nSPS) is 23.7. The molecule has 2 saturated heterocycles. The van der Waals surface area contributed by atoms with Crippen molar-refractivity contribution in [3.63, 3.8) is 0 Å². The monoisotopic (exact) mass is 413 g/mol. The molecule has 7 heteroatoms. The minimum absolute atomic E-state index is 0.176. The predicted molar refractivity (Wildman–Crippen MR) is 113 cm³/mol. The van der Waals surface area contributed by atoms with Gasteiger partial charge in [-0.05, 0) is 30.7 Å². The van der Waals surface area contributed by atoms with Gasteiger partial charge < -0.3 is 20.3 Å². The second-order valence-electron chi connectivity index (χ2n) is 8.30. The van der Waals surface area contributed by atoms with Crippen LogP contribution in [0.15, 0.2) is 43.0 Å². The topological polar surface area (TPSA) is 91.0 Å². The number of likely N-dealkylation sites (tertiary alicyclic amines) is 1. The van der Waals surface area contributed by atoms with E-state index in [9.17, 15) is 14.4 Å². The Morgan fingerprint density at radius 2 is 1.97 bits per heavy atom. The Labute approximate surface area is 177 Å². The van der Waals surface area contributed by atoms with Gasteiger partial charge in [-0.2, -0.15) is 0 Å². The third-order valence-corrected chi connectivity index (χ3v) is 5.46. The van der Waals surface area contributed by atoms with Gasteiger partial charge in [0.25, 0.3) is 5.91 Å². The van der Waals surface area contributed by atoms with E-state index in [4.69, 9.17) is 4.74 Å². The first-order chi connectivity index (χ1) is 14.4. The maximum absolute atomic E-state index is 13.3. The number of epoxide rings is 1. The number of ether oxygens (including phenoxy) is 1. The van der Waals surface area contributed by atoms with Gasteiger partial charge in [0, 0.05) is 13.1 Å². The Kier molecular flexibility index (Phi) is 7.26. The molecule has 1 aromatic rings. The molecule has 3 amide bonds. The smallest absolute Gasteiger partial charge is 0.252 e. The molecule has 1 aromatic carbocycles. The average molecular weight is 414 g/mol. The molecule has 0 saturated carbocycles. The van der Waals surface area contributed by atoms with E-state index in [2.05, 4.69) is 17.2 Å². The number of nitrogens with zero attached hydrogens (tertiary/aromatic N) is 1. The molecule has 7 nitrogen and oxygen atoms in total. The molecule has 0 unspecified atom stereocenters. The molecule has 2 aliphatic rings. The van der Waals surface area contributed by atoms with E-state index in [-0.39, 0.29) is 29.7 Å². The lowest BCUT2D eigenvalue weighted by molar-refractivity contribution is -0.141. The third kappa shape index (κ3) is 5.27. The minimum atomic E-state index is -0.675. The SMILES string of the molecule is C=CCNC(=O)[C@@H]1CCCN1C(=O)[C@H](CC(C)C)NC(=O)[C@H]1O[C@H]1c1ccccc1. The summed E-state index contributed by atoms with van der Waals surface area (Å²) in [6.07, 6.45) is 2.65. The van der Waals surface area contributed by atoms with E-state index in [1.807, 2.05) is 44.2 Å². The van der Waals surface area contributed by atoms with Crippen LogP contribution in [0.4, 0.5) is 0 Å². The fourth-order valence-electron chi connectivity index (χ4n) is 3.95. The van der Waals surface area contributed by atoms with Crippen molar-refractivity contribution in [1.82, 2.24) is 15.5 Å². The summed E-state index contributed by atoms with van der Waals surface area (Å²) in [5, 5.41) is 5.66. The highest BCUT2D eigenvalue weighted by molar-refractivity contribution is 5.94. The van der Waals surface area contributed by atoms with Crippen LogP contribution in [0.1, 0.15) is 44.8 Å². The van der Waals surface area contributed by atoms with E-state index in [0.29, 0.717) is 25.9 Å². The van der Waals surface area contributed by atoms with Crippen molar-refractivity contribution < 1.29 is 19.1 Å². The van der Waals surface area contributed by atoms with Crippen LogP contribution >= 0.6 is 0 Å². The summed E-state index contributed by atoms with van der Waals surface area (Å²) in [6, 6.07) is 8.39. The molecular weight excluding hydrogens is 382 g/mol. The molecular formula is C23H31N3O4. The molecule has 4 atom stereocenters. The van der Waals surface area contributed by atoms with Gasteiger partial charge in [-0.15, -0.1) is 6.58 Å². The molecule has 2 aliphatic heterocycles. The lowest BCUT2D eigenvalue weighted by Gasteiger charge is -2.29. The molecule has 2 fully saturated rings. The van der Waals surface area contributed by atoms with Crippen molar-refractivity contribution in [1.29, 1.82) is 0 Å². The second-order valence-corrected chi connectivity index (χ2v) is 8.30. The zero-order valence-electron chi connectivity index (χ0n) is 17.7. The van der Waals surface area contributed by atoms with Gasteiger partial charge in [-0.3, -0.25) is 14.4 Å². The predicted octanol–water partition coefficient (Wildman–Crippen LogP) is 1.95. The summed E-state index contributed by atoms with van der Waals surface area (Å²) in [6.45, 7) is 8.49. The van der Waals surface area contributed by atoms with E-state index >= 15 is 0 Å². The van der Waals surface area contributed by atoms with Gasteiger partial charge in [0.1, 0.15) is 18.2 Å². The summed E-state index contributed by atoms with van der Waals surface area (Å²) < 4.78 is 5.57. The first-order valence-electron chi connectivity index (χ1n) is 10.6. The molecule has 2 N–H and O–H groups in total. The molecule has 0 spiro atoms. The number of hydrogen-bond donors (Lipinski definition) is 2. The minimum Gasteiger partial charge on any atom is -0.354 e. The van der Waals surface area contributed by atoms with E-state index in [1.165, 1.54) is 0 Å². The van der Waals surface area contributed by atoms with Crippen LogP contribution in [0.2, 0.25) is 0 Å². The number of carbonyl (C=O) groups excluding carboxylic acids is 3. The molecule has 2 heterocycles. The molecule has 0 radical (unpaired) electrons. The summed E-state index contributed by atoms with van der Waals surface area (Å²) in [7, 11) is 0. The van der Waals surface area contributed by atoms with Gasteiger partial charge in [0.05, 0.1) is 0 Å². The largest absolute Gasteiger partial charge is 0.354 e. The van der Waals surface area contributed by atoms with Crippen LogP contribution in [-0.2, 0) is 19.1 Å². The summed E-state index contributed by atoms with van der Waals surface area (Å²) >= 11 is 0. The fourth-order valence-corrected chi connectivity index (χ4v) is 3.95. The van der Waals surface area contributed by atoms with Gasteiger partial charge in [0.2, 0.25) is 11.8 Å². The third-order valence-electron chi connectivity index (χ3n) is 5.46. The van der Waals surface area contributed by atoms with Crippen LogP contribution in [0.5, 0.6) is 0 Å². The zero-order valence-corrected chi connectivity index (χ0v) is 17.7. The molecule has 0 aliphatic carbocycles. The number of nitrogens with one attached hydrogen (secondary N) is 2. The van der Waals surface area contributed by atoms with Gasteiger partial charge >= 0.3 is 0 Å². The number of carbonyl (C=O) groups is 3. The maximum atomic E-state index is 13.3. The van der Waals surface area contributed by atoms with Crippen molar-refractivity contribution in [3.05, 3.63) is 48.6 Å². The molecule has 162 valence electrons. The Balaban J connectivity index is 1.65. The highest BCUT2D eigenvalue weighted by Crippen LogP contribution is 2.38. The van der Waals surface area contributed by atoms with E-state index in [0.717, 1.165) is 12.0 Å². The highest BCUT2D eigenvalue weighted by Gasteiger charge is 2.47. The maximum Gasteiger partial charge on any atom is 0.252 e. The first kappa shape index (κ1) is 22.0. The summed E-state index contributed by atoms with van der Waals surface area (Å²) in [5.74, 6) is -0.454. The molecule has 0 bridgehead atoms. The number of amides is 3. The molecule has 30 heavy (non-hydrogen) atoms. The van der Waals surface area contributed by atoms with Crippen molar-refractivity contribution in [2.24, 2.45) is 5.92 Å². The summed E-state index contributed by atoms with van der Waals surface area (Å²) in [4.78, 5) is 40.1. The Hall–Kier alpha value is -2.67. The Bertz CT molecular complexity index is 780. The lowest BCUT2D eigenvalue weighted by atomic mass is 10.0. The Morgan fingerprint density at radius 1 is 1.23 bits per heavy atom.